The van der Waals surface area contributed by atoms with Crippen molar-refractivity contribution < 1.29 is 9.53 Å². The normalized spacial score (nSPS) is 11.1. The number of carbonyl (C=O) groups excluding carboxylic acids is 1. The number of benzene rings is 1. The minimum atomic E-state index is -0.519. The molecule has 0 saturated carbocycles. The molecule has 0 atom stereocenters. The van der Waals surface area contributed by atoms with E-state index in [4.69, 9.17) is 16.3 Å². The standard InChI is InChI=1S/C18H23ClN4O2/c1-11-12(2)21-16(19)23-15(11)22-14-8-6-7-13(9-14)10-20-17(24)25-18(3,4)5/h6-9H,10H2,1-5H3,(H,20,24)(H,21,22,23). The van der Waals surface area contributed by atoms with E-state index < -0.39 is 11.7 Å². The number of carbonyl (C=O) groups is 1. The lowest BCUT2D eigenvalue weighted by Crippen LogP contribution is -2.32. The fourth-order valence-electron chi connectivity index (χ4n) is 2.10. The molecule has 7 heteroatoms. The maximum atomic E-state index is 11.7. The van der Waals surface area contributed by atoms with Crippen molar-refractivity contribution in [1.82, 2.24) is 15.3 Å². The highest BCUT2D eigenvalue weighted by Gasteiger charge is 2.15. The summed E-state index contributed by atoms with van der Waals surface area (Å²) in [6.07, 6.45) is -0.445. The van der Waals surface area contributed by atoms with Crippen LogP contribution in [0.4, 0.5) is 16.3 Å². The van der Waals surface area contributed by atoms with Crippen LogP contribution in [0.25, 0.3) is 0 Å². The molecule has 0 unspecified atom stereocenters. The molecule has 25 heavy (non-hydrogen) atoms. The molecule has 2 N–H and O–H groups in total. The first kappa shape index (κ1) is 19.0. The van der Waals surface area contributed by atoms with Gasteiger partial charge in [0.1, 0.15) is 11.4 Å². The van der Waals surface area contributed by atoms with E-state index in [1.165, 1.54) is 0 Å². The first-order chi connectivity index (χ1) is 11.6. The van der Waals surface area contributed by atoms with Crippen LogP contribution in [0, 0.1) is 13.8 Å². The molecule has 0 bridgehead atoms. The summed E-state index contributed by atoms with van der Waals surface area (Å²) in [6.45, 7) is 9.67. The topological polar surface area (TPSA) is 76.1 Å². The molecule has 1 amide bonds. The largest absolute Gasteiger partial charge is 0.444 e. The molecule has 0 saturated heterocycles. The fourth-order valence-corrected chi connectivity index (χ4v) is 2.31. The Morgan fingerprint density at radius 1 is 1.24 bits per heavy atom. The van der Waals surface area contributed by atoms with Gasteiger partial charge in [0.2, 0.25) is 5.28 Å². The maximum absolute atomic E-state index is 11.7. The number of aromatic nitrogens is 2. The first-order valence-corrected chi connectivity index (χ1v) is 8.35. The summed E-state index contributed by atoms with van der Waals surface area (Å²) in [7, 11) is 0. The molecule has 2 aromatic rings. The Labute approximate surface area is 153 Å². The zero-order valence-corrected chi connectivity index (χ0v) is 15.9. The predicted molar refractivity (Wildman–Crippen MR) is 99.3 cm³/mol. The molecule has 0 aliphatic carbocycles. The molecule has 6 nitrogen and oxygen atoms in total. The second kappa shape index (κ2) is 7.70. The van der Waals surface area contributed by atoms with Gasteiger partial charge in [-0.3, -0.25) is 0 Å². The summed E-state index contributed by atoms with van der Waals surface area (Å²) < 4.78 is 5.23. The zero-order valence-electron chi connectivity index (χ0n) is 15.1. The number of aryl methyl sites for hydroxylation is 1. The van der Waals surface area contributed by atoms with Crippen LogP contribution < -0.4 is 10.6 Å². The molecule has 2 rings (SSSR count). The Hall–Kier alpha value is -2.34. The second-order valence-corrected chi connectivity index (χ2v) is 7.07. The van der Waals surface area contributed by atoms with E-state index in [-0.39, 0.29) is 5.28 Å². The van der Waals surface area contributed by atoms with Crippen LogP contribution in [0.5, 0.6) is 0 Å². The lowest BCUT2D eigenvalue weighted by molar-refractivity contribution is 0.0523. The highest BCUT2D eigenvalue weighted by atomic mass is 35.5. The van der Waals surface area contributed by atoms with E-state index in [2.05, 4.69) is 20.6 Å². The highest BCUT2D eigenvalue weighted by molar-refractivity contribution is 6.28. The van der Waals surface area contributed by atoms with Crippen molar-refractivity contribution in [2.45, 2.75) is 46.8 Å². The summed E-state index contributed by atoms with van der Waals surface area (Å²) in [5, 5.41) is 6.18. The Balaban J connectivity index is 2.06. The van der Waals surface area contributed by atoms with Crippen molar-refractivity contribution in [3.63, 3.8) is 0 Å². The van der Waals surface area contributed by atoms with Gasteiger partial charge in [0.05, 0.1) is 0 Å². The van der Waals surface area contributed by atoms with Gasteiger partial charge >= 0.3 is 6.09 Å². The molecule has 0 fully saturated rings. The Kier molecular flexibility index (Phi) is 5.85. The van der Waals surface area contributed by atoms with E-state index in [0.717, 1.165) is 22.5 Å². The number of nitrogens with one attached hydrogen (secondary N) is 2. The van der Waals surface area contributed by atoms with E-state index in [0.29, 0.717) is 12.4 Å². The molecular weight excluding hydrogens is 340 g/mol. The quantitative estimate of drug-likeness (QED) is 0.782. The zero-order chi connectivity index (χ0) is 18.6. The van der Waals surface area contributed by atoms with Crippen molar-refractivity contribution in [1.29, 1.82) is 0 Å². The Morgan fingerprint density at radius 3 is 2.64 bits per heavy atom. The van der Waals surface area contributed by atoms with Crippen molar-refractivity contribution in [3.8, 4) is 0 Å². The lowest BCUT2D eigenvalue weighted by Gasteiger charge is -2.19. The molecule has 1 aromatic heterocycles. The van der Waals surface area contributed by atoms with Crippen molar-refractivity contribution in [2.24, 2.45) is 0 Å². The second-order valence-electron chi connectivity index (χ2n) is 6.73. The van der Waals surface area contributed by atoms with Crippen LogP contribution in [0.2, 0.25) is 5.28 Å². The van der Waals surface area contributed by atoms with Crippen LogP contribution in [0.1, 0.15) is 37.6 Å². The van der Waals surface area contributed by atoms with Gasteiger partial charge < -0.3 is 15.4 Å². The molecule has 1 heterocycles. The molecule has 0 spiro atoms. The number of rotatable bonds is 4. The average Bonchev–Trinajstić information content (AvgIpc) is 2.49. The van der Waals surface area contributed by atoms with Gasteiger partial charge in [-0.15, -0.1) is 0 Å². The minimum absolute atomic E-state index is 0.202. The van der Waals surface area contributed by atoms with E-state index in [1.54, 1.807) is 0 Å². The smallest absolute Gasteiger partial charge is 0.407 e. The molecule has 0 aliphatic heterocycles. The van der Waals surface area contributed by atoms with Gasteiger partial charge in [0.15, 0.2) is 0 Å². The third-order valence-electron chi connectivity index (χ3n) is 3.39. The fraction of sp³-hybridized carbons (Fsp3) is 0.389. The molecular formula is C18H23ClN4O2. The van der Waals surface area contributed by atoms with Crippen molar-refractivity contribution in [3.05, 3.63) is 46.4 Å². The third kappa shape index (κ3) is 5.90. The third-order valence-corrected chi connectivity index (χ3v) is 3.56. The summed E-state index contributed by atoms with van der Waals surface area (Å²) in [5.74, 6) is 0.662. The van der Waals surface area contributed by atoms with Crippen LogP contribution in [-0.4, -0.2) is 21.7 Å². The molecule has 134 valence electrons. The number of halogens is 1. The van der Waals surface area contributed by atoms with Gasteiger partial charge in [-0.25, -0.2) is 14.8 Å². The van der Waals surface area contributed by atoms with E-state index in [9.17, 15) is 4.79 Å². The van der Waals surface area contributed by atoms with E-state index in [1.807, 2.05) is 58.9 Å². The van der Waals surface area contributed by atoms with Gasteiger partial charge in [-0.1, -0.05) is 12.1 Å². The van der Waals surface area contributed by atoms with E-state index >= 15 is 0 Å². The molecule has 1 aromatic carbocycles. The number of hydrogen-bond acceptors (Lipinski definition) is 5. The maximum Gasteiger partial charge on any atom is 0.407 e. The SMILES string of the molecule is Cc1nc(Cl)nc(Nc2cccc(CNC(=O)OC(C)(C)C)c2)c1C. The van der Waals surface area contributed by atoms with Crippen LogP contribution in [-0.2, 0) is 11.3 Å². The Bertz CT molecular complexity index is 772. The number of nitrogens with zero attached hydrogens (tertiary/aromatic N) is 2. The highest BCUT2D eigenvalue weighted by Crippen LogP contribution is 2.22. The monoisotopic (exact) mass is 362 g/mol. The molecule has 0 aliphatic rings. The van der Waals surface area contributed by atoms with Gasteiger partial charge in [0.25, 0.3) is 0 Å². The number of alkyl carbamates (subject to hydrolysis) is 1. The van der Waals surface area contributed by atoms with Crippen molar-refractivity contribution >= 4 is 29.2 Å². The van der Waals surface area contributed by atoms with Crippen LogP contribution in [0.15, 0.2) is 24.3 Å². The predicted octanol–water partition coefficient (Wildman–Crippen LogP) is 4.52. The lowest BCUT2D eigenvalue weighted by atomic mass is 10.2. The number of hydrogen-bond donors (Lipinski definition) is 2. The van der Waals surface area contributed by atoms with Gasteiger partial charge in [-0.05, 0) is 63.9 Å². The minimum Gasteiger partial charge on any atom is -0.444 e. The summed E-state index contributed by atoms with van der Waals surface area (Å²) in [4.78, 5) is 20.1. The van der Waals surface area contributed by atoms with Crippen LogP contribution >= 0.6 is 11.6 Å². The average molecular weight is 363 g/mol. The Morgan fingerprint density at radius 2 is 1.96 bits per heavy atom. The summed E-state index contributed by atoms with van der Waals surface area (Å²) in [5.41, 5.74) is 3.02. The summed E-state index contributed by atoms with van der Waals surface area (Å²) >= 11 is 5.93. The van der Waals surface area contributed by atoms with Crippen molar-refractivity contribution in [2.75, 3.05) is 5.32 Å². The van der Waals surface area contributed by atoms with Crippen LogP contribution in [0.3, 0.4) is 0 Å². The van der Waals surface area contributed by atoms with Gasteiger partial charge in [-0.2, -0.15) is 0 Å². The summed E-state index contributed by atoms with van der Waals surface area (Å²) in [6, 6.07) is 7.68. The number of anilines is 2. The first-order valence-electron chi connectivity index (χ1n) is 7.97. The number of amides is 1. The number of ether oxygens (including phenoxy) is 1. The van der Waals surface area contributed by atoms with Gasteiger partial charge in [0, 0.05) is 23.5 Å². The molecule has 0 radical (unpaired) electrons.